The van der Waals surface area contributed by atoms with Crippen LogP contribution in [-0.4, -0.2) is 86.8 Å². The number of likely N-dealkylation sites (tertiary alicyclic amines) is 1. The van der Waals surface area contributed by atoms with Gasteiger partial charge in [0.15, 0.2) is 6.10 Å². The summed E-state index contributed by atoms with van der Waals surface area (Å²) in [6, 6.07) is 24.6. The minimum Gasteiger partial charge on any atom is -0.448 e. The molecule has 47 heavy (non-hydrogen) atoms. The summed E-state index contributed by atoms with van der Waals surface area (Å²) in [5.41, 5.74) is 3.37. The molecule has 0 saturated carbocycles. The molecule has 3 aromatic rings. The van der Waals surface area contributed by atoms with Crippen LogP contribution in [0.4, 0.5) is 4.79 Å². The van der Waals surface area contributed by atoms with Crippen LogP contribution in [0.15, 0.2) is 78.9 Å². The van der Waals surface area contributed by atoms with Crippen LogP contribution in [0.1, 0.15) is 42.9 Å². The molecule has 2 saturated heterocycles. The number of aliphatic hydroxyl groups is 1. The molecule has 1 N–H and O–H groups in total. The molecule has 1 amide bonds. The van der Waals surface area contributed by atoms with Crippen molar-refractivity contribution in [2.75, 3.05) is 26.2 Å². The van der Waals surface area contributed by atoms with Gasteiger partial charge in [-0.2, -0.15) is 8.42 Å². The van der Waals surface area contributed by atoms with Crippen molar-refractivity contribution < 1.29 is 41.4 Å². The van der Waals surface area contributed by atoms with E-state index in [9.17, 15) is 18.3 Å². The standard InChI is InChI=1S/C36H39NO9S/c1-4-12-31(46-47(3,40)41)34(44-23-42-21-24-13-6-5-7-14-24)36(2,39)33-32-30(45-32)19-20-37(33)35(38)43-22-29-27-17-10-8-15-25(27)26-16-9-11-18-28(26)29/h5-11,13-18,29-34,39H,19-23H2,1-3H3/t30-,31-,32-,33-,34+,36+/m1/s1. The topological polar surface area (TPSA) is 124 Å². The third kappa shape index (κ3) is 7.23. The Morgan fingerprint density at radius 2 is 1.68 bits per heavy atom. The van der Waals surface area contributed by atoms with Gasteiger partial charge in [0.25, 0.3) is 10.1 Å². The molecule has 2 heterocycles. The summed E-state index contributed by atoms with van der Waals surface area (Å²) < 4.78 is 53.6. The second-order valence-electron chi connectivity index (χ2n) is 12.3. The maximum absolute atomic E-state index is 13.9. The third-order valence-electron chi connectivity index (χ3n) is 8.95. The van der Waals surface area contributed by atoms with E-state index in [0.717, 1.165) is 34.1 Å². The average molecular weight is 662 g/mol. The van der Waals surface area contributed by atoms with Gasteiger partial charge in [-0.1, -0.05) is 84.8 Å². The molecule has 0 aromatic heterocycles. The number of nitrogens with zero attached hydrogens (tertiary/aromatic N) is 1. The van der Waals surface area contributed by atoms with Gasteiger partial charge >= 0.3 is 6.09 Å². The zero-order valence-electron chi connectivity index (χ0n) is 26.6. The summed E-state index contributed by atoms with van der Waals surface area (Å²) in [7, 11) is -4.03. The number of rotatable bonds is 12. The van der Waals surface area contributed by atoms with Gasteiger partial charge in [-0.3, -0.25) is 9.08 Å². The van der Waals surface area contributed by atoms with Gasteiger partial charge in [-0.25, -0.2) is 4.79 Å². The molecule has 3 aliphatic rings. The third-order valence-corrected chi connectivity index (χ3v) is 9.51. The summed E-state index contributed by atoms with van der Waals surface area (Å²) in [6.45, 7) is 3.27. The SMILES string of the molecule is CC#C[C@@H](OS(C)(=O)=O)[C@H](OCOCc1ccccc1)[C@@](C)(O)[C@H]1[C@@H]2O[C@@H]2CCN1C(=O)OCC1c2ccccc2-c2ccccc21. The van der Waals surface area contributed by atoms with Crippen molar-refractivity contribution in [1.82, 2.24) is 4.90 Å². The van der Waals surface area contributed by atoms with Gasteiger partial charge in [-0.05, 0) is 48.1 Å². The van der Waals surface area contributed by atoms with Crippen molar-refractivity contribution in [3.8, 4) is 23.0 Å². The fourth-order valence-corrected chi connectivity index (χ4v) is 7.37. The minimum absolute atomic E-state index is 0.0988. The van der Waals surface area contributed by atoms with Crippen molar-refractivity contribution >= 4 is 16.2 Å². The van der Waals surface area contributed by atoms with Gasteiger partial charge in [0, 0.05) is 12.5 Å². The quantitative estimate of drug-likeness (QED) is 0.0986. The van der Waals surface area contributed by atoms with Crippen LogP contribution in [0.3, 0.4) is 0 Å². The molecular weight excluding hydrogens is 622 g/mol. The predicted octanol–water partition coefficient (Wildman–Crippen LogP) is 4.46. The molecule has 10 nitrogen and oxygen atoms in total. The van der Waals surface area contributed by atoms with Crippen molar-refractivity contribution in [3.05, 3.63) is 95.6 Å². The largest absolute Gasteiger partial charge is 0.448 e. The number of benzene rings is 3. The number of amides is 1. The minimum atomic E-state index is -4.03. The van der Waals surface area contributed by atoms with Gasteiger partial charge in [0.2, 0.25) is 0 Å². The molecule has 248 valence electrons. The number of fused-ring (bicyclic) bond motifs is 4. The molecule has 3 aromatic carbocycles. The Labute approximate surface area is 275 Å². The second-order valence-corrected chi connectivity index (χ2v) is 13.9. The Hall–Kier alpha value is -3.76. The van der Waals surface area contributed by atoms with Crippen molar-refractivity contribution in [3.63, 3.8) is 0 Å². The number of hydrogen-bond donors (Lipinski definition) is 1. The summed E-state index contributed by atoms with van der Waals surface area (Å²) in [4.78, 5) is 15.3. The van der Waals surface area contributed by atoms with Gasteiger partial charge in [0.1, 0.15) is 31.2 Å². The van der Waals surface area contributed by atoms with Crippen LogP contribution in [0.5, 0.6) is 0 Å². The van der Waals surface area contributed by atoms with Crippen LogP contribution in [0, 0.1) is 11.8 Å². The summed E-state index contributed by atoms with van der Waals surface area (Å²) in [6.07, 6.45) is -2.63. The lowest BCUT2D eigenvalue weighted by Crippen LogP contribution is -2.66. The molecule has 1 aliphatic carbocycles. The number of epoxide rings is 1. The lowest BCUT2D eigenvalue weighted by atomic mass is 9.81. The maximum Gasteiger partial charge on any atom is 0.410 e. The zero-order chi connectivity index (χ0) is 33.2. The normalized spacial score (nSPS) is 22.5. The highest BCUT2D eigenvalue weighted by Crippen LogP contribution is 2.46. The van der Waals surface area contributed by atoms with Gasteiger partial charge in [-0.15, -0.1) is 5.92 Å². The maximum atomic E-state index is 13.9. The van der Waals surface area contributed by atoms with Crippen LogP contribution in [0.2, 0.25) is 0 Å². The molecule has 6 atom stereocenters. The number of hydrogen-bond acceptors (Lipinski definition) is 9. The van der Waals surface area contributed by atoms with Crippen LogP contribution < -0.4 is 0 Å². The Kier molecular flexibility index (Phi) is 9.71. The molecule has 0 unspecified atom stereocenters. The predicted molar refractivity (Wildman–Crippen MR) is 174 cm³/mol. The van der Waals surface area contributed by atoms with Crippen LogP contribution in [-0.2, 0) is 39.9 Å². The van der Waals surface area contributed by atoms with E-state index in [-0.39, 0.29) is 38.6 Å². The van der Waals surface area contributed by atoms with Crippen molar-refractivity contribution in [1.29, 1.82) is 0 Å². The lowest BCUT2D eigenvalue weighted by Gasteiger charge is -2.45. The first kappa shape index (κ1) is 33.2. The van der Waals surface area contributed by atoms with Gasteiger partial charge < -0.3 is 24.1 Å². The van der Waals surface area contributed by atoms with Crippen molar-refractivity contribution in [2.45, 2.75) is 68.9 Å². The first-order valence-electron chi connectivity index (χ1n) is 15.6. The number of carbonyl (C=O) groups is 1. The highest BCUT2D eigenvalue weighted by Gasteiger charge is 2.62. The monoisotopic (exact) mass is 661 g/mol. The molecule has 2 aliphatic heterocycles. The number of carbonyl (C=O) groups excluding carboxylic acids is 1. The summed E-state index contributed by atoms with van der Waals surface area (Å²) in [5, 5.41) is 12.3. The summed E-state index contributed by atoms with van der Waals surface area (Å²) in [5.74, 6) is 5.26. The first-order chi connectivity index (χ1) is 22.6. The Bertz CT molecular complexity index is 1700. The fraction of sp³-hybridized carbons (Fsp3) is 0.417. The zero-order valence-corrected chi connectivity index (χ0v) is 27.4. The molecule has 2 fully saturated rings. The smallest absolute Gasteiger partial charge is 0.410 e. The second kappa shape index (κ2) is 13.8. The molecule has 0 spiro atoms. The summed E-state index contributed by atoms with van der Waals surface area (Å²) >= 11 is 0. The van der Waals surface area contributed by atoms with E-state index in [1.807, 2.05) is 66.7 Å². The number of piperidine rings is 1. The van der Waals surface area contributed by atoms with E-state index in [0.29, 0.717) is 6.42 Å². The van der Waals surface area contributed by atoms with E-state index in [1.165, 1.54) is 18.7 Å². The molecule has 11 heteroatoms. The molecule has 6 rings (SSSR count). The average Bonchev–Trinajstić information content (AvgIpc) is 3.77. The van der Waals surface area contributed by atoms with E-state index in [1.54, 1.807) is 0 Å². The van der Waals surface area contributed by atoms with Crippen LogP contribution in [0.25, 0.3) is 11.1 Å². The highest BCUT2D eigenvalue weighted by molar-refractivity contribution is 7.86. The molecule has 0 radical (unpaired) electrons. The Balaban J connectivity index is 1.23. The Morgan fingerprint density at radius 3 is 2.32 bits per heavy atom. The van der Waals surface area contributed by atoms with E-state index in [4.69, 9.17) is 23.1 Å². The van der Waals surface area contributed by atoms with Gasteiger partial charge in [0.05, 0.1) is 25.0 Å². The van der Waals surface area contributed by atoms with E-state index < -0.39 is 46.2 Å². The van der Waals surface area contributed by atoms with Crippen molar-refractivity contribution in [2.24, 2.45) is 0 Å². The van der Waals surface area contributed by atoms with E-state index in [2.05, 4.69) is 24.0 Å². The van der Waals surface area contributed by atoms with Crippen LogP contribution >= 0.6 is 0 Å². The molecule has 0 bridgehead atoms. The first-order valence-corrected chi connectivity index (χ1v) is 17.4. The highest BCUT2D eigenvalue weighted by atomic mass is 32.2. The van der Waals surface area contributed by atoms with E-state index >= 15 is 0 Å². The molecular formula is C36H39NO9S. The fourth-order valence-electron chi connectivity index (χ4n) is 6.85. The number of ether oxygens (including phenoxy) is 4. The lowest BCUT2D eigenvalue weighted by molar-refractivity contribution is -0.200. The Morgan fingerprint density at radius 1 is 1.04 bits per heavy atom.